The monoisotopic (exact) mass is 238 g/mol. The summed E-state index contributed by atoms with van der Waals surface area (Å²) in [5.41, 5.74) is 0. The second kappa shape index (κ2) is 4.05. The smallest absolute Gasteiger partial charge is 0.293 e. The molecule has 2 fully saturated rings. The van der Waals surface area contributed by atoms with Gasteiger partial charge in [0.2, 0.25) is 0 Å². The quantitative estimate of drug-likeness (QED) is 0.672. The van der Waals surface area contributed by atoms with E-state index < -0.39 is 0 Å². The van der Waals surface area contributed by atoms with Gasteiger partial charge in [0.25, 0.3) is 12.9 Å². The van der Waals surface area contributed by atoms with Crippen LogP contribution in [0.1, 0.15) is 12.8 Å². The third-order valence-electron chi connectivity index (χ3n) is 4.27. The minimum Gasteiger partial charge on any atom is -0.498 e. The minimum absolute atomic E-state index is 0.0986. The van der Waals surface area contributed by atoms with Gasteiger partial charge in [0.15, 0.2) is 0 Å². The molecule has 5 heteroatoms. The van der Waals surface area contributed by atoms with E-state index in [1.54, 1.807) is 6.26 Å². The first-order valence-electron chi connectivity index (χ1n) is 5.85. The lowest BCUT2D eigenvalue weighted by Crippen LogP contribution is -2.48. The van der Waals surface area contributed by atoms with E-state index in [0.717, 1.165) is 12.8 Å². The van der Waals surface area contributed by atoms with E-state index in [1.807, 2.05) is 6.08 Å². The number of rotatable bonds is 4. The van der Waals surface area contributed by atoms with Crippen molar-refractivity contribution in [1.29, 1.82) is 0 Å². The summed E-state index contributed by atoms with van der Waals surface area (Å²) in [6.45, 7) is 0.876. The zero-order valence-corrected chi connectivity index (χ0v) is 9.23. The lowest BCUT2D eigenvalue weighted by Gasteiger charge is -2.39. The first-order valence-corrected chi connectivity index (χ1v) is 5.85. The molecule has 1 aliphatic heterocycles. The van der Waals surface area contributed by atoms with Crippen molar-refractivity contribution >= 4 is 12.9 Å². The molecule has 6 atom stereocenters. The van der Waals surface area contributed by atoms with Crippen molar-refractivity contribution < 1.29 is 23.8 Å². The number of hydrogen-bond acceptors (Lipinski definition) is 5. The normalized spacial score (nSPS) is 45.9. The Morgan fingerprint density at radius 3 is 2.47 bits per heavy atom. The number of hydrogen-bond donors (Lipinski definition) is 0. The van der Waals surface area contributed by atoms with Crippen LogP contribution in [0.3, 0.4) is 0 Å². The largest absolute Gasteiger partial charge is 0.498 e. The van der Waals surface area contributed by atoms with Gasteiger partial charge in [-0.3, -0.25) is 9.59 Å². The van der Waals surface area contributed by atoms with E-state index in [0.29, 0.717) is 18.9 Å². The van der Waals surface area contributed by atoms with Crippen LogP contribution in [0, 0.1) is 17.8 Å². The number of allylic oxidation sites excluding steroid dienone is 1. The fourth-order valence-corrected chi connectivity index (χ4v) is 3.73. The molecule has 0 amide bonds. The summed E-state index contributed by atoms with van der Waals surface area (Å²) >= 11 is 0. The van der Waals surface area contributed by atoms with Gasteiger partial charge in [-0.2, -0.15) is 0 Å². The summed E-state index contributed by atoms with van der Waals surface area (Å²) in [6, 6.07) is 0. The van der Waals surface area contributed by atoms with Crippen molar-refractivity contribution in [2.45, 2.75) is 31.2 Å². The summed E-state index contributed by atoms with van der Waals surface area (Å²) < 4.78 is 15.8. The zero-order chi connectivity index (χ0) is 11.8. The molecule has 0 aromatic heterocycles. The first kappa shape index (κ1) is 10.6. The van der Waals surface area contributed by atoms with Crippen LogP contribution >= 0.6 is 0 Å². The number of fused-ring (bicyclic) bond motifs is 5. The Kier molecular flexibility index (Phi) is 2.53. The van der Waals surface area contributed by atoms with Crippen LogP contribution < -0.4 is 0 Å². The summed E-state index contributed by atoms with van der Waals surface area (Å²) in [7, 11) is 0. The van der Waals surface area contributed by atoms with Crippen molar-refractivity contribution in [1.82, 2.24) is 0 Å². The van der Waals surface area contributed by atoms with E-state index in [9.17, 15) is 9.59 Å². The molecule has 0 spiro atoms. The Morgan fingerprint density at radius 1 is 1.06 bits per heavy atom. The topological polar surface area (TPSA) is 61.8 Å². The molecule has 0 radical (unpaired) electrons. The lowest BCUT2D eigenvalue weighted by molar-refractivity contribution is -0.166. The molecule has 0 saturated heterocycles. The summed E-state index contributed by atoms with van der Waals surface area (Å²) in [6.07, 6.45) is 4.99. The standard InChI is InChI=1S/C12H14O5/c13-5-16-11-8-4-9(12(11)17-6-14)10-7(8)2-1-3-15-10/h1,3,5-12H,2,4H2. The van der Waals surface area contributed by atoms with Gasteiger partial charge in [-0.15, -0.1) is 0 Å². The Morgan fingerprint density at radius 2 is 1.76 bits per heavy atom. The van der Waals surface area contributed by atoms with Crippen molar-refractivity contribution in [2.75, 3.05) is 0 Å². The zero-order valence-electron chi connectivity index (χ0n) is 9.23. The predicted molar refractivity (Wildman–Crippen MR) is 55.6 cm³/mol. The van der Waals surface area contributed by atoms with Crippen LogP contribution in [-0.4, -0.2) is 31.3 Å². The molecule has 5 nitrogen and oxygen atoms in total. The number of carbonyl (C=O) groups excluding carboxylic acids is 2. The molecule has 17 heavy (non-hydrogen) atoms. The fourth-order valence-electron chi connectivity index (χ4n) is 3.73. The third kappa shape index (κ3) is 1.45. The van der Waals surface area contributed by atoms with Crippen molar-refractivity contribution in [2.24, 2.45) is 17.8 Å². The van der Waals surface area contributed by atoms with Gasteiger partial charge in [-0.25, -0.2) is 0 Å². The average molecular weight is 238 g/mol. The van der Waals surface area contributed by atoms with Crippen molar-refractivity contribution in [3.63, 3.8) is 0 Å². The molecular formula is C12H14O5. The van der Waals surface area contributed by atoms with Gasteiger partial charge >= 0.3 is 0 Å². The highest BCUT2D eigenvalue weighted by Crippen LogP contribution is 2.54. The Hall–Kier alpha value is -1.52. The molecule has 3 rings (SSSR count). The maximum Gasteiger partial charge on any atom is 0.293 e. The fraction of sp³-hybridized carbons (Fsp3) is 0.667. The highest BCUT2D eigenvalue weighted by Gasteiger charge is 2.61. The SMILES string of the molecule is O=COC1C2CC(C3OC=CCC23)C1OC=O. The van der Waals surface area contributed by atoms with Gasteiger partial charge in [-0.05, 0) is 18.9 Å². The number of ether oxygens (including phenoxy) is 3. The summed E-state index contributed by atoms with van der Waals surface area (Å²) in [4.78, 5) is 21.1. The molecule has 92 valence electrons. The first-order chi connectivity index (χ1) is 8.36. The molecule has 0 aromatic carbocycles. The van der Waals surface area contributed by atoms with E-state index in [1.165, 1.54) is 0 Å². The van der Waals surface area contributed by atoms with E-state index >= 15 is 0 Å². The Bertz CT molecular complexity index is 321. The van der Waals surface area contributed by atoms with Crippen molar-refractivity contribution in [3.8, 4) is 0 Å². The van der Waals surface area contributed by atoms with Crippen LogP contribution in [0.25, 0.3) is 0 Å². The highest BCUT2D eigenvalue weighted by atomic mass is 16.6. The molecule has 3 aliphatic rings. The average Bonchev–Trinajstić information content (AvgIpc) is 2.88. The molecule has 0 aromatic rings. The maximum atomic E-state index is 10.5. The second-order valence-corrected chi connectivity index (χ2v) is 4.83. The van der Waals surface area contributed by atoms with Gasteiger partial charge in [0.05, 0.1) is 6.26 Å². The van der Waals surface area contributed by atoms with Gasteiger partial charge < -0.3 is 14.2 Å². The minimum atomic E-state index is -0.351. The molecule has 2 aliphatic carbocycles. The Balaban J connectivity index is 1.84. The molecule has 0 N–H and O–H groups in total. The molecule has 2 bridgehead atoms. The van der Waals surface area contributed by atoms with E-state index in [2.05, 4.69) is 0 Å². The lowest BCUT2D eigenvalue weighted by atomic mass is 9.80. The number of carbonyl (C=O) groups is 2. The maximum absolute atomic E-state index is 10.5. The molecule has 1 heterocycles. The van der Waals surface area contributed by atoms with Crippen molar-refractivity contribution in [3.05, 3.63) is 12.3 Å². The van der Waals surface area contributed by atoms with Crippen LogP contribution in [0.15, 0.2) is 12.3 Å². The van der Waals surface area contributed by atoms with Crippen LogP contribution in [0.2, 0.25) is 0 Å². The van der Waals surface area contributed by atoms with E-state index in [4.69, 9.17) is 14.2 Å². The molecule has 6 unspecified atom stereocenters. The van der Waals surface area contributed by atoms with Crippen LogP contribution in [0.4, 0.5) is 0 Å². The highest BCUT2D eigenvalue weighted by molar-refractivity contribution is 5.40. The third-order valence-corrected chi connectivity index (χ3v) is 4.27. The van der Waals surface area contributed by atoms with Gasteiger partial charge in [0.1, 0.15) is 18.3 Å². The van der Waals surface area contributed by atoms with Gasteiger partial charge in [0, 0.05) is 17.8 Å². The second-order valence-electron chi connectivity index (χ2n) is 4.83. The van der Waals surface area contributed by atoms with Gasteiger partial charge in [-0.1, -0.05) is 0 Å². The van der Waals surface area contributed by atoms with E-state index in [-0.39, 0.29) is 30.1 Å². The van der Waals surface area contributed by atoms with Crippen LogP contribution in [-0.2, 0) is 23.8 Å². The predicted octanol–water partition coefficient (Wildman–Crippen LogP) is 0.638. The summed E-state index contributed by atoms with van der Waals surface area (Å²) in [5, 5.41) is 0. The molecular weight excluding hydrogens is 224 g/mol. The Labute approximate surface area is 98.7 Å². The summed E-state index contributed by atoms with van der Waals surface area (Å²) in [5.74, 6) is 0.761. The van der Waals surface area contributed by atoms with Crippen LogP contribution in [0.5, 0.6) is 0 Å². The molecule has 2 saturated carbocycles.